The highest BCUT2D eigenvalue weighted by atomic mass is 16.6. The molecular weight excluding hydrogens is 314 g/mol. The van der Waals surface area contributed by atoms with E-state index in [0.29, 0.717) is 19.6 Å². The van der Waals surface area contributed by atoms with Gasteiger partial charge in [-0.1, -0.05) is 90.4 Å². The third-order valence-electron chi connectivity index (χ3n) is 5.02. The van der Waals surface area contributed by atoms with E-state index in [1.165, 1.54) is 81.9 Å². The largest absolute Gasteiger partial charge is 0.449 e. The quantitative estimate of drug-likeness (QED) is 0.328. The van der Waals surface area contributed by atoms with Crippen LogP contribution in [0.15, 0.2) is 0 Å². The number of nitrogens with zero attached hydrogens (tertiary/aromatic N) is 1. The van der Waals surface area contributed by atoms with Gasteiger partial charge in [0.1, 0.15) is 0 Å². The monoisotopic (exact) mass is 353 g/mol. The predicted octanol–water partition coefficient (Wildman–Crippen LogP) is 6.23. The third kappa shape index (κ3) is 11.2. The van der Waals surface area contributed by atoms with Gasteiger partial charge in [0.25, 0.3) is 0 Å². The number of imide groups is 1. The molecule has 1 aliphatic heterocycles. The van der Waals surface area contributed by atoms with Crippen molar-refractivity contribution >= 4 is 12.0 Å². The molecule has 1 aliphatic rings. The van der Waals surface area contributed by atoms with Crippen LogP contribution in [0.25, 0.3) is 0 Å². The lowest BCUT2D eigenvalue weighted by atomic mass is 10.0. The van der Waals surface area contributed by atoms with Crippen LogP contribution in [-0.2, 0) is 9.53 Å². The fourth-order valence-electron chi connectivity index (χ4n) is 3.38. The molecule has 0 unspecified atom stereocenters. The van der Waals surface area contributed by atoms with Crippen molar-refractivity contribution in [1.82, 2.24) is 4.90 Å². The van der Waals surface area contributed by atoms with E-state index in [1.54, 1.807) is 0 Å². The number of carbonyl (C=O) groups is 2. The van der Waals surface area contributed by atoms with Gasteiger partial charge < -0.3 is 4.74 Å². The van der Waals surface area contributed by atoms with Crippen LogP contribution < -0.4 is 0 Å². The zero-order valence-electron chi connectivity index (χ0n) is 16.4. The third-order valence-corrected chi connectivity index (χ3v) is 5.02. The number of rotatable bonds is 15. The minimum absolute atomic E-state index is 0.0917. The summed E-state index contributed by atoms with van der Waals surface area (Å²) in [6.45, 7) is 3.24. The topological polar surface area (TPSA) is 46.6 Å². The summed E-state index contributed by atoms with van der Waals surface area (Å²) in [5, 5.41) is 0. The van der Waals surface area contributed by atoms with Crippen molar-refractivity contribution in [3.63, 3.8) is 0 Å². The van der Waals surface area contributed by atoms with E-state index in [-0.39, 0.29) is 5.91 Å². The van der Waals surface area contributed by atoms with Crippen LogP contribution in [0.4, 0.5) is 4.79 Å². The summed E-state index contributed by atoms with van der Waals surface area (Å²) in [5.41, 5.74) is 0. The van der Waals surface area contributed by atoms with E-state index < -0.39 is 6.09 Å². The smallest absolute Gasteiger partial charge is 0.416 e. The van der Waals surface area contributed by atoms with Crippen LogP contribution in [0.5, 0.6) is 0 Å². The van der Waals surface area contributed by atoms with Crippen LogP contribution in [0, 0.1) is 0 Å². The molecule has 4 heteroatoms. The zero-order chi connectivity index (χ0) is 18.2. The minimum Gasteiger partial charge on any atom is -0.449 e. The van der Waals surface area contributed by atoms with E-state index in [1.807, 2.05) is 0 Å². The SMILES string of the molecule is CCCCCCCCCCCCCCCCOC(=O)N1CCCC1=O. The second-order valence-corrected chi connectivity index (χ2v) is 7.36. The first kappa shape index (κ1) is 22.0. The summed E-state index contributed by atoms with van der Waals surface area (Å²) in [6, 6.07) is 0. The number of likely N-dealkylation sites (tertiary alicyclic amines) is 1. The molecule has 25 heavy (non-hydrogen) atoms. The maximum Gasteiger partial charge on any atom is 0.416 e. The molecule has 0 N–H and O–H groups in total. The molecular formula is C21H39NO3. The first-order chi connectivity index (χ1) is 12.3. The maximum absolute atomic E-state index is 11.7. The van der Waals surface area contributed by atoms with Gasteiger partial charge in [-0.05, 0) is 12.8 Å². The van der Waals surface area contributed by atoms with Crippen LogP contribution >= 0.6 is 0 Å². The Morgan fingerprint density at radius 1 is 0.840 bits per heavy atom. The number of hydrogen-bond donors (Lipinski definition) is 0. The van der Waals surface area contributed by atoms with Crippen molar-refractivity contribution in [1.29, 1.82) is 0 Å². The lowest BCUT2D eigenvalue weighted by Crippen LogP contribution is -2.32. The van der Waals surface area contributed by atoms with Gasteiger partial charge in [0.05, 0.1) is 6.61 Å². The highest BCUT2D eigenvalue weighted by Gasteiger charge is 2.27. The molecule has 1 fully saturated rings. The molecule has 1 heterocycles. The Morgan fingerprint density at radius 3 is 1.76 bits per heavy atom. The van der Waals surface area contributed by atoms with Crippen LogP contribution in [-0.4, -0.2) is 30.1 Å². The van der Waals surface area contributed by atoms with Crippen LogP contribution in [0.1, 0.15) is 110 Å². The van der Waals surface area contributed by atoms with Crippen molar-refractivity contribution < 1.29 is 14.3 Å². The van der Waals surface area contributed by atoms with Crippen molar-refractivity contribution in [3.8, 4) is 0 Å². The Hall–Kier alpha value is -1.06. The number of unbranched alkanes of at least 4 members (excludes halogenated alkanes) is 13. The second-order valence-electron chi connectivity index (χ2n) is 7.36. The number of carbonyl (C=O) groups excluding carboxylic acids is 2. The number of amides is 2. The lowest BCUT2D eigenvalue weighted by molar-refractivity contribution is -0.126. The molecule has 0 atom stereocenters. The van der Waals surface area contributed by atoms with E-state index in [9.17, 15) is 9.59 Å². The molecule has 0 aromatic rings. The second kappa shape index (κ2) is 15.2. The molecule has 4 nitrogen and oxygen atoms in total. The predicted molar refractivity (Wildman–Crippen MR) is 103 cm³/mol. The van der Waals surface area contributed by atoms with E-state index in [0.717, 1.165) is 19.3 Å². The molecule has 0 aromatic carbocycles. The molecule has 0 aromatic heterocycles. The zero-order valence-corrected chi connectivity index (χ0v) is 16.4. The van der Waals surface area contributed by atoms with Crippen LogP contribution in [0.2, 0.25) is 0 Å². The average Bonchev–Trinajstić information content (AvgIpc) is 3.04. The molecule has 1 rings (SSSR count). The first-order valence-corrected chi connectivity index (χ1v) is 10.7. The fraction of sp³-hybridized carbons (Fsp3) is 0.905. The Bertz CT molecular complexity index is 357. The maximum atomic E-state index is 11.7. The van der Waals surface area contributed by atoms with E-state index >= 15 is 0 Å². The average molecular weight is 354 g/mol. The Balaban J connectivity index is 1.76. The Kier molecular flexibility index (Phi) is 13.4. The molecule has 146 valence electrons. The molecule has 0 radical (unpaired) electrons. The first-order valence-electron chi connectivity index (χ1n) is 10.7. The van der Waals surface area contributed by atoms with Crippen LogP contribution in [0.3, 0.4) is 0 Å². The van der Waals surface area contributed by atoms with Gasteiger partial charge in [-0.3, -0.25) is 4.79 Å². The summed E-state index contributed by atoms with van der Waals surface area (Å²) in [6.07, 6.45) is 19.2. The van der Waals surface area contributed by atoms with Crippen molar-refractivity contribution in [2.75, 3.05) is 13.2 Å². The van der Waals surface area contributed by atoms with Gasteiger partial charge in [-0.15, -0.1) is 0 Å². The van der Waals surface area contributed by atoms with E-state index in [2.05, 4.69) is 6.92 Å². The normalized spacial score (nSPS) is 14.3. The van der Waals surface area contributed by atoms with Crippen molar-refractivity contribution in [2.45, 2.75) is 110 Å². The van der Waals surface area contributed by atoms with Gasteiger partial charge in [-0.25, -0.2) is 9.69 Å². The molecule has 0 bridgehead atoms. The summed E-state index contributed by atoms with van der Waals surface area (Å²) >= 11 is 0. The number of ether oxygens (including phenoxy) is 1. The Morgan fingerprint density at radius 2 is 1.32 bits per heavy atom. The molecule has 2 amide bonds. The van der Waals surface area contributed by atoms with Gasteiger partial charge in [0.15, 0.2) is 0 Å². The van der Waals surface area contributed by atoms with Gasteiger partial charge in [0, 0.05) is 13.0 Å². The fourth-order valence-corrected chi connectivity index (χ4v) is 3.38. The molecule has 0 saturated carbocycles. The van der Waals surface area contributed by atoms with E-state index in [4.69, 9.17) is 4.74 Å². The lowest BCUT2D eigenvalue weighted by Gasteiger charge is -2.13. The summed E-state index contributed by atoms with van der Waals surface area (Å²) < 4.78 is 5.17. The molecule has 1 saturated heterocycles. The minimum atomic E-state index is -0.447. The summed E-state index contributed by atoms with van der Waals surface area (Å²) in [7, 11) is 0. The molecule has 0 spiro atoms. The van der Waals surface area contributed by atoms with Gasteiger partial charge in [-0.2, -0.15) is 0 Å². The van der Waals surface area contributed by atoms with Gasteiger partial charge in [0.2, 0.25) is 5.91 Å². The summed E-state index contributed by atoms with van der Waals surface area (Å²) in [5.74, 6) is -0.0917. The van der Waals surface area contributed by atoms with Gasteiger partial charge >= 0.3 is 6.09 Å². The summed E-state index contributed by atoms with van der Waals surface area (Å²) in [4.78, 5) is 24.3. The highest BCUT2D eigenvalue weighted by molar-refractivity contribution is 5.93. The van der Waals surface area contributed by atoms with Crippen molar-refractivity contribution in [2.24, 2.45) is 0 Å². The Labute approximate surface area is 154 Å². The van der Waals surface area contributed by atoms with Crippen molar-refractivity contribution in [3.05, 3.63) is 0 Å². The molecule has 0 aliphatic carbocycles. The number of hydrogen-bond acceptors (Lipinski definition) is 3. The highest BCUT2D eigenvalue weighted by Crippen LogP contribution is 2.14. The standard InChI is InChI=1S/C21H39NO3/c1-2-3-4-5-6-7-8-9-10-11-12-13-14-15-19-25-21(24)22-18-16-17-20(22)23/h2-19H2,1H3.